The Hall–Kier alpha value is -4.25. The van der Waals surface area contributed by atoms with Crippen LogP contribution in [-0.4, -0.2) is 57.5 Å². The SMILES string of the molecule is IC1CN(C(c2ccccc2)c2ccccc2)C1.O=C1CSc2ccccc21.c1ccc(C(c2ccccc2)N2CC(Oc3csc4ccccc34)C2)cc1. The Kier molecular flexibility index (Phi) is 12.4. The maximum absolute atomic E-state index is 11.0. The summed E-state index contributed by atoms with van der Waals surface area (Å²) in [6.45, 7) is 4.27. The molecule has 55 heavy (non-hydrogen) atoms. The molecule has 0 amide bonds. The second-order valence-corrected chi connectivity index (χ2v) is 17.7. The molecule has 7 heteroatoms. The molecule has 0 bridgehead atoms. The molecular weight excluding hydrogens is 828 g/mol. The monoisotopic (exact) mass is 870 g/mol. The predicted molar refractivity (Wildman–Crippen MR) is 238 cm³/mol. The van der Waals surface area contributed by atoms with Crippen molar-refractivity contribution in [2.45, 2.75) is 27.0 Å². The number of thioether (sulfide) groups is 1. The van der Waals surface area contributed by atoms with E-state index in [9.17, 15) is 4.79 Å². The third-order valence-corrected chi connectivity index (χ3v) is 13.0. The van der Waals surface area contributed by atoms with Crippen molar-refractivity contribution in [1.82, 2.24) is 9.80 Å². The molecule has 0 radical (unpaired) electrons. The number of fused-ring (bicyclic) bond motifs is 2. The van der Waals surface area contributed by atoms with Crippen molar-refractivity contribution in [3.8, 4) is 5.75 Å². The summed E-state index contributed by atoms with van der Waals surface area (Å²) in [6, 6.07) is 60.1. The Morgan fingerprint density at radius 1 is 0.564 bits per heavy atom. The van der Waals surface area contributed by atoms with Gasteiger partial charge in [0.05, 0.1) is 17.8 Å². The van der Waals surface area contributed by atoms with Gasteiger partial charge in [-0.15, -0.1) is 23.1 Å². The number of Topliss-reactive ketones (excluding diaryl/α,β-unsaturated/α-hetero) is 1. The zero-order valence-electron chi connectivity index (χ0n) is 30.5. The van der Waals surface area contributed by atoms with Crippen LogP contribution in [0.3, 0.4) is 0 Å². The van der Waals surface area contributed by atoms with Gasteiger partial charge in [-0.05, 0) is 40.5 Å². The highest BCUT2D eigenvalue weighted by molar-refractivity contribution is 14.1. The largest absolute Gasteiger partial charge is 0.486 e. The first kappa shape index (κ1) is 37.7. The average molecular weight is 871 g/mol. The Balaban J connectivity index is 0.000000130. The van der Waals surface area contributed by atoms with Crippen LogP contribution in [-0.2, 0) is 0 Å². The molecule has 4 heterocycles. The summed E-state index contributed by atoms with van der Waals surface area (Å²) in [5, 5.41) is 3.36. The molecule has 2 saturated heterocycles. The van der Waals surface area contributed by atoms with E-state index in [1.165, 1.54) is 45.4 Å². The van der Waals surface area contributed by atoms with Crippen molar-refractivity contribution in [2.75, 3.05) is 31.9 Å². The molecule has 0 atom stereocenters. The molecule has 0 spiro atoms. The summed E-state index contributed by atoms with van der Waals surface area (Å²) in [7, 11) is 0. The molecule has 0 aliphatic carbocycles. The fourth-order valence-corrected chi connectivity index (χ4v) is 10.3. The third kappa shape index (κ3) is 9.08. The predicted octanol–water partition coefficient (Wildman–Crippen LogP) is 11.6. The summed E-state index contributed by atoms with van der Waals surface area (Å²) in [5.41, 5.74) is 6.36. The average Bonchev–Trinajstić information content (AvgIpc) is 3.81. The Morgan fingerprint density at radius 2 is 1.02 bits per heavy atom. The van der Waals surface area contributed by atoms with E-state index in [-0.39, 0.29) is 17.9 Å². The Morgan fingerprint density at radius 3 is 1.53 bits per heavy atom. The number of nitrogens with zero attached hydrogens (tertiary/aromatic N) is 2. The van der Waals surface area contributed by atoms with Crippen LogP contribution in [0.4, 0.5) is 0 Å². The number of carbonyl (C=O) groups excluding carboxylic acids is 1. The number of hydrogen-bond acceptors (Lipinski definition) is 6. The highest BCUT2D eigenvalue weighted by Crippen LogP contribution is 2.37. The van der Waals surface area contributed by atoms with Gasteiger partial charge in [0.1, 0.15) is 11.9 Å². The van der Waals surface area contributed by atoms with Crippen LogP contribution in [0.25, 0.3) is 10.1 Å². The number of alkyl halides is 1. The first-order valence-corrected chi connectivity index (χ1v) is 21.9. The van der Waals surface area contributed by atoms with Crippen LogP contribution in [0.2, 0.25) is 0 Å². The van der Waals surface area contributed by atoms with Crippen molar-refractivity contribution >= 4 is 61.6 Å². The molecule has 0 saturated carbocycles. The number of carbonyl (C=O) groups is 1. The summed E-state index contributed by atoms with van der Waals surface area (Å²) in [4.78, 5) is 17.2. The summed E-state index contributed by atoms with van der Waals surface area (Å²) in [6.07, 6.45) is 0.248. The van der Waals surface area contributed by atoms with Gasteiger partial charge in [-0.3, -0.25) is 14.6 Å². The van der Waals surface area contributed by atoms with Gasteiger partial charge < -0.3 is 4.74 Å². The standard InChI is InChI=1S/C24H21NOS.C16H16IN.C8H6OS/c1-3-9-18(10-4-1)24(19-11-5-2-6-12-19)25-15-20(16-25)26-22-17-27-23-14-8-7-13-21(22)23;17-15-11-18(12-15)16(13-7-3-1-4-8-13)14-9-5-2-6-10-14;9-7-5-10-8-4-2-1-3-6(7)8/h1-14,17,20,24H,15-16H2;1-10,15-16H,11-12H2;1-4H,5H2. The fraction of sp³-hybridized carbons (Fsp3) is 0.188. The summed E-state index contributed by atoms with van der Waals surface area (Å²) < 4.78 is 8.41. The fourth-order valence-electron chi connectivity index (χ4n) is 7.46. The number of benzene rings is 6. The molecule has 0 N–H and O–H groups in total. The smallest absolute Gasteiger partial charge is 0.174 e. The molecular formula is C48H43IN2O2S2. The molecule has 2 fully saturated rings. The van der Waals surface area contributed by atoms with E-state index in [1.807, 2.05) is 24.3 Å². The molecule has 3 aliphatic heterocycles. The van der Waals surface area contributed by atoms with Gasteiger partial charge in [-0.2, -0.15) is 0 Å². The maximum atomic E-state index is 11.0. The lowest BCUT2D eigenvalue weighted by molar-refractivity contribution is 0.00132. The maximum Gasteiger partial charge on any atom is 0.174 e. The Labute approximate surface area is 346 Å². The van der Waals surface area contributed by atoms with E-state index >= 15 is 0 Å². The number of ketones is 1. The molecule has 276 valence electrons. The van der Waals surface area contributed by atoms with E-state index in [4.69, 9.17) is 4.74 Å². The zero-order chi connectivity index (χ0) is 37.4. The minimum absolute atomic E-state index is 0.248. The highest BCUT2D eigenvalue weighted by Gasteiger charge is 2.36. The summed E-state index contributed by atoms with van der Waals surface area (Å²) >= 11 is 5.92. The molecule has 3 aliphatic rings. The number of rotatable bonds is 8. The van der Waals surface area contributed by atoms with E-state index in [0.717, 1.165) is 33.2 Å². The Bertz CT molecular complexity index is 2200. The number of hydrogen-bond donors (Lipinski definition) is 0. The quantitative estimate of drug-likeness (QED) is 0.112. The lowest BCUT2D eigenvalue weighted by Gasteiger charge is -2.44. The van der Waals surface area contributed by atoms with Gasteiger partial charge in [0, 0.05) is 56.0 Å². The van der Waals surface area contributed by atoms with E-state index in [0.29, 0.717) is 11.8 Å². The topological polar surface area (TPSA) is 32.8 Å². The van der Waals surface area contributed by atoms with Crippen LogP contribution in [0.15, 0.2) is 180 Å². The third-order valence-electron chi connectivity index (χ3n) is 10.2. The minimum atomic E-state index is 0.248. The molecule has 1 aromatic heterocycles. The van der Waals surface area contributed by atoms with Crippen LogP contribution < -0.4 is 4.74 Å². The second kappa shape index (κ2) is 18.1. The van der Waals surface area contributed by atoms with Gasteiger partial charge in [0.25, 0.3) is 0 Å². The van der Waals surface area contributed by atoms with Crippen LogP contribution in [0.5, 0.6) is 5.75 Å². The van der Waals surface area contributed by atoms with Crippen LogP contribution in [0.1, 0.15) is 44.7 Å². The van der Waals surface area contributed by atoms with Gasteiger partial charge in [-0.1, -0.05) is 174 Å². The minimum Gasteiger partial charge on any atom is -0.486 e. The molecule has 6 aromatic carbocycles. The molecule has 10 rings (SSSR count). The zero-order valence-corrected chi connectivity index (χ0v) is 34.3. The van der Waals surface area contributed by atoms with Gasteiger partial charge in [0.15, 0.2) is 5.78 Å². The second-order valence-electron chi connectivity index (χ2n) is 14.0. The van der Waals surface area contributed by atoms with Crippen molar-refractivity contribution in [3.63, 3.8) is 0 Å². The first-order valence-electron chi connectivity index (χ1n) is 18.8. The molecule has 0 unspecified atom stereocenters. The van der Waals surface area contributed by atoms with Gasteiger partial charge in [-0.25, -0.2) is 0 Å². The normalized spacial score (nSPS) is 15.7. The van der Waals surface area contributed by atoms with Crippen LogP contribution >= 0.6 is 45.7 Å². The number of likely N-dealkylation sites (tertiary alicyclic amines) is 2. The highest BCUT2D eigenvalue weighted by atomic mass is 127. The van der Waals surface area contributed by atoms with E-state index in [1.54, 1.807) is 23.1 Å². The molecule has 7 aromatic rings. The van der Waals surface area contributed by atoms with Crippen molar-refractivity contribution in [3.05, 3.63) is 203 Å². The van der Waals surface area contributed by atoms with Gasteiger partial charge >= 0.3 is 0 Å². The summed E-state index contributed by atoms with van der Waals surface area (Å²) in [5.74, 6) is 1.91. The van der Waals surface area contributed by atoms with Crippen molar-refractivity contribution in [1.29, 1.82) is 0 Å². The van der Waals surface area contributed by atoms with Crippen molar-refractivity contribution in [2.24, 2.45) is 0 Å². The van der Waals surface area contributed by atoms with Gasteiger partial charge in [0.2, 0.25) is 0 Å². The van der Waals surface area contributed by atoms with Crippen LogP contribution in [0, 0.1) is 0 Å². The van der Waals surface area contributed by atoms with Crippen molar-refractivity contribution < 1.29 is 9.53 Å². The van der Waals surface area contributed by atoms with E-state index in [2.05, 4.69) is 183 Å². The molecule has 4 nitrogen and oxygen atoms in total. The number of ether oxygens (including phenoxy) is 1. The lowest BCUT2D eigenvalue weighted by atomic mass is 9.94. The lowest BCUT2D eigenvalue weighted by Crippen LogP contribution is -2.55. The number of halogens is 1. The van der Waals surface area contributed by atoms with E-state index < -0.39 is 0 Å². The number of thiophene rings is 1. The first-order chi connectivity index (χ1) is 27.1.